The van der Waals surface area contributed by atoms with E-state index in [2.05, 4.69) is 66.2 Å². The molecule has 1 saturated heterocycles. The number of nitrogens with zero attached hydrogens (tertiary/aromatic N) is 3. The Morgan fingerprint density at radius 3 is 2.13 bits per heavy atom. The van der Waals surface area contributed by atoms with Crippen molar-refractivity contribution in [2.24, 2.45) is 0 Å². The van der Waals surface area contributed by atoms with E-state index in [0.29, 0.717) is 37.9 Å². The lowest BCUT2D eigenvalue weighted by atomic mass is 10.0. The molecule has 1 aromatic heterocycles. The zero-order valence-electron chi connectivity index (χ0n) is 30.8. The molecule has 1 amide bonds. The number of carbonyl (C=O) groups excluding carboxylic acids is 1. The Morgan fingerprint density at radius 1 is 0.755 bits per heavy atom. The Bertz CT molecular complexity index is 2030. The fourth-order valence-electron chi connectivity index (χ4n) is 6.24. The van der Waals surface area contributed by atoms with Crippen LogP contribution in [0.4, 0.5) is 4.39 Å². The van der Waals surface area contributed by atoms with Gasteiger partial charge in [-0.2, -0.15) is 0 Å². The molecule has 0 N–H and O–H groups in total. The van der Waals surface area contributed by atoms with Gasteiger partial charge in [0.1, 0.15) is 36.3 Å². The number of halogens is 1. The zero-order chi connectivity index (χ0) is 37.2. The van der Waals surface area contributed by atoms with Crippen LogP contribution in [0.3, 0.4) is 0 Å². The average molecular weight is 712 g/mol. The van der Waals surface area contributed by atoms with E-state index < -0.39 is 0 Å². The van der Waals surface area contributed by atoms with Gasteiger partial charge in [0.25, 0.3) is 0 Å². The van der Waals surface area contributed by atoms with Crippen molar-refractivity contribution < 1.29 is 23.4 Å². The lowest BCUT2D eigenvalue weighted by Gasteiger charge is -2.34. The molecule has 7 nitrogen and oxygen atoms in total. The summed E-state index contributed by atoms with van der Waals surface area (Å²) < 4.78 is 30.9. The first kappa shape index (κ1) is 37.0. The highest BCUT2D eigenvalue weighted by Gasteiger charge is 2.20. The number of hydrogen-bond donors (Lipinski definition) is 0. The number of ether oxygens (including phenoxy) is 3. The standard InChI is InChI=1S/C45H46FN3O4/c1-32-7-16-41(17-8-32)51-25-5-6-39-13-9-38(26-33(39)2)30-48-21-23-49(24-22-48)44(50)20-12-37-27-34(3)45(35(4)28-37)53-43-19-18-42(29-47-43)52-31-36-10-14-40(46)15-11-36/h5-20,26-29H,21-25,30-31H2,1-4H3/b6-5+,20-12+. The lowest BCUT2D eigenvalue weighted by Crippen LogP contribution is -2.47. The van der Waals surface area contributed by atoms with Crippen molar-refractivity contribution in [2.75, 3.05) is 32.8 Å². The molecule has 6 rings (SSSR count). The van der Waals surface area contributed by atoms with Gasteiger partial charge in [0.15, 0.2) is 0 Å². The Labute approximate surface area is 312 Å². The van der Waals surface area contributed by atoms with E-state index in [4.69, 9.17) is 14.2 Å². The van der Waals surface area contributed by atoms with E-state index in [9.17, 15) is 9.18 Å². The molecule has 0 saturated carbocycles. The third-order valence-electron chi connectivity index (χ3n) is 9.22. The van der Waals surface area contributed by atoms with Crippen molar-refractivity contribution in [1.29, 1.82) is 0 Å². The monoisotopic (exact) mass is 711 g/mol. The van der Waals surface area contributed by atoms with Crippen LogP contribution >= 0.6 is 0 Å². The van der Waals surface area contributed by atoms with Crippen molar-refractivity contribution in [1.82, 2.24) is 14.8 Å². The summed E-state index contributed by atoms with van der Waals surface area (Å²) in [5.41, 5.74) is 8.59. The molecule has 53 heavy (non-hydrogen) atoms. The highest BCUT2D eigenvalue weighted by atomic mass is 19.1. The van der Waals surface area contributed by atoms with E-state index in [1.807, 2.05) is 49.1 Å². The molecule has 0 spiro atoms. The second-order valence-electron chi connectivity index (χ2n) is 13.5. The van der Waals surface area contributed by atoms with E-state index >= 15 is 0 Å². The first-order valence-electron chi connectivity index (χ1n) is 18.0. The number of benzene rings is 4. The van der Waals surface area contributed by atoms with Crippen LogP contribution in [0.2, 0.25) is 0 Å². The van der Waals surface area contributed by atoms with Gasteiger partial charge in [-0.05, 0) is 121 Å². The molecule has 4 aromatic carbocycles. The second kappa shape index (κ2) is 17.7. The number of carbonyl (C=O) groups is 1. The van der Waals surface area contributed by atoms with Gasteiger partial charge in [-0.1, -0.05) is 54.1 Å². The molecule has 1 aliphatic rings. The van der Waals surface area contributed by atoms with Crippen LogP contribution in [0.25, 0.3) is 12.2 Å². The minimum absolute atomic E-state index is 0.0181. The Hall–Kier alpha value is -5.73. The molecule has 0 aliphatic carbocycles. The molecule has 5 aromatic rings. The van der Waals surface area contributed by atoms with E-state index in [1.165, 1.54) is 34.4 Å². The molecule has 1 aliphatic heterocycles. The van der Waals surface area contributed by atoms with Crippen LogP contribution < -0.4 is 14.2 Å². The smallest absolute Gasteiger partial charge is 0.246 e. The number of hydrogen-bond acceptors (Lipinski definition) is 6. The maximum atomic E-state index is 13.1. The SMILES string of the molecule is Cc1ccc(OC/C=C/c2ccc(CN3CCN(C(=O)/C=C/c4cc(C)c(Oc5ccc(OCc6ccc(F)cc6)cn5)c(C)c4)CC3)cc2C)cc1. The highest BCUT2D eigenvalue weighted by Crippen LogP contribution is 2.30. The van der Waals surface area contributed by atoms with Gasteiger partial charge in [0.2, 0.25) is 11.8 Å². The molecule has 272 valence electrons. The largest absolute Gasteiger partial charge is 0.490 e. The molecule has 0 atom stereocenters. The van der Waals surface area contributed by atoms with E-state index in [-0.39, 0.29) is 11.7 Å². The predicted molar refractivity (Wildman–Crippen MR) is 209 cm³/mol. The summed E-state index contributed by atoms with van der Waals surface area (Å²) in [4.78, 5) is 21.8. The van der Waals surface area contributed by atoms with Crippen molar-refractivity contribution in [3.05, 3.63) is 160 Å². The molecule has 0 bridgehead atoms. The summed E-state index contributed by atoms with van der Waals surface area (Å²) in [6.45, 7) is 12.9. The van der Waals surface area contributed by atoms with Crippen molar-refractivity contribution in [2.45, 2.75) is 40.8 Å². The summed E-state index contributed by atoms with van der Waals surface area (Å²) in [7, 11) is 0. The fourth-order valence-corrected chi connectivity index (χ4v) is 6.24. The molecule has 0 unspecified atom stereocenters. The van der Waals surface area contributed by atoms with E-state index in [1.54, 1.807) is 36.5 Å². The Kier molecular flexibility index (Phi) is 12.3. The number of pyridine rings is 1. The molecule has 8 heteroatoms. The lowest BCUT2D eigenvalue weighted by molar-refractivity contribution is -0.127. The van der Waals surface area contributed by atoms with Crippen LogP contribution in [0.15, 0.2) is 109 Å². The molecule has 1 fully saturated rings. The van der Waals surface area contributed by atoms with Gasteiger partial charge in [0.05, 0.1) is 6.20 Å². The summed E-state index contributed by atoms with van der Waals surface area (Å²) in [5.74, 6) is 2.38. The minimum Gasteiger partial charge on any atom is -0.490 e. The van der Waals surface area contributed by atoms with Gasteiger partial charge in [-0.25, -0.2) is 9.37 Å². The van der Waals surface area contributed by atoms with Crippen LogP contribution in [-0.2, 0) is 17.9 Å². The van der Waals surface area contributed by atoms with Gasteiger partial charge in [0, 0.05) is 44.9 Å². The number of rotatable bonds is 13. The third-order valence-corrected chi connectivity index (χ3v) is 9.22. The molecule has 2 heterocycles. The fraction of sp³-hybridized carbons (Fsp3) is 0.244. The summed E-state index contributed by atoms with van der Waals surface area (Å²) >= 11 is 0. The van der Waals surface area contributed by atoms with Crippen molar-refractivity contribution >= 4 is 18.1 Å². The minimum atomic E-state index is -0.278. The number of aryl methyl sites for hydroxylation is 4. The van der Waals surface area contributed by atoms with Crippen LogP contribution in [-0.4, -0.2) is 53.5 Å². The maximum Gasteiger partial charge on any atom is 0.246 e. The summed E-state index contributed by atoms with van der Waals surface area (Å²) in [6.07, 6.45) is 9.31. The predicted octanol–water partition coefficient (Wildman–Crippen LogP) is 9.28. The number of amides is 1. The highest BCUT2D eigenvalue weighted by molar-refractivity contribution is 5.92. The van der Waals surface area contributed by atoms with Gasteiger partial charge in [-0.3, -0.25) is 9.69 Å². The third kappa shape index (κ3) is 10.7. The quantitative estimate of drug-likeness (QED) is 0.114. The summed E-state index contributed by atoms with van der Waals surface area (Å²) in [5, 5.41) is 0. The normalized spacial score (nSPS) is 13.5. The molecular weight excluding hydrogens is 666 g/mol. The van der Waals surface area contributed by atoms with Crippen molar-refractivity contribution in [3.8, 4) is 23.1 Å². The topological polar surface area (TPSA) is 64.1 Å². The number of piperazine rings is 1. The van der Waals surface area contributed by atoms with Gasteiger partial charge >= 0.3 is 0 Å². The maximum absolute atomic E-state index is 13.1. The van der Waals surface area contributed by atoms with Gasteiger partial charge in [-0.15, -0.1) is 0 Å². The van der Waals surface area contributed by atoms with E-state index in [0.717, 1.165) is 53.4 Å². The first-order valence-corrected chi connectivity index (χ1v) is 18.0. The summed E-state index contributed by atoms with van der Waals surface area (Å²) in [6, 6.07) is 28.5. The Balaban J connectivity index is 0.944. The molecule has 0 radical (unpaired) electrons. The first-order chi connectivity index (χ1) is 25.7. The average Bonchev–Trinajstić information content (AvgIpc) is 3.16. The number of aromatic nitrogens is 1. The van der Waals surface area contributed by atoms with Crippen LogP contribution in [0.5, 0.6) is 23.1 Å². The van der Waals surface area contributed by atoms with Crippen LogP contribution in [0.1, 0.15) is 44.5 Å². The van der Waals surface area contributed by atoms with Gasteiger partial charge < -0.3 is 19.1 Å². The van der Waals surface area contributed by atoms with Crippen LogP contribution in [0, 0.1) is 33.5 Å². The molecular formula is C45H46FN3O4. The second-order valence-corrected chi connectivity index (χ2v) is 13.5. The Morgan fingerprint density at radius 2 is 1.45 bits per heavy atom. The zero-order valence-corrected chi connectivity index (χ0v) is 30.8. The van der Waals surface area contributed by atoms with Crippen molar-refractivity contribution in [3.63, 3.8) is 0 Å².